The number of nitrogens with two attached hydrogens (primary N) is 1. The average Bonchev–Trinajstić information content (AvgIpc) is 3.08. The summed E-state index contributed by atoms with van der Waals surface area (Å²) >= 11 is 2.80. The van der Waals surface area contributed by atoms with E-state index in [1.165, 1.54) is 11.3 Å². The minimum atomic E-state index is -0.192. The van der Waals surface area contributed by atoms with Gasteiger partial charge < -0.3 is 11.1 Å². The Bertz CT molecular complexity index is 737. The van der Waals surface area contributed by atoms with E-state index >= 15 is 0 Å². The number of carbonyl (C=O) groups excluding carboxylic acids is 1. The number of carbonyl (C=O) groups is 1. The Morgan fingerprint density at radius 1 is 1.30 bits per heavy atom. The van der Waals surface area contributed by atoms with Gasteiger partial charge in [0.25, 0.3) is 5.91 Å². The highest BCUT2D eigenvalue weighted by atomic mass is 32.1. The molecular formula is C12H11N5OS2. The van der Waals surface area contributed by atoms with Crippen LogP contribution in [0.4, 0.5) is 5.69 Å². The van der Waals surface area contributed by atoms with Crippen LogP contribution in [0.2, 0.25) is 0 Å². The third kappa shape index (κ3) is 2.47. The fourth-order valence-corrected chi connectivity index (χ4v) is 3.29. The summed E-state index contributed by atoms with van der Waals surface area (Å²) in [6, 6.07) is 0. The predicted octanol–water partition coefficient (Wildman–Crippen LogP) is 1.70. The number of nitrogen functional groups attached to an aromatic ring is 1. The number of aromatic nitrogens is 3. The van der Waals surface area contributed by atoms with Gasteiger partial charge in [-0.25, -0.2) is 15.0 Å². The lowest BCUT2D eigenvalue weighted by atomic mass is 10.3. The molecule has 102 valence electrons. The van der Waals surface area contributed by atoms with E-state index in [0.29, 0.717) is 33.9 Å². The van der Waals surface area contributed by atoms with E-state index in [1.807, 2.05) is 5.38 Å². The average molecular weight is 305 g/mol. The van der Waals surface area contributed by atoms with Gasteiger partial charge in [-0.2, -0.15) is 0 Å². The summed E-state index contributed by atoms with van der Waals surface area (Å²) in [5, 5.41) is 4.81. The topological polar surface area (TPSA) is 93.8 Å². The van der Waals surface area contributed by atoms with Crippen molar-refractivity contribution in [3.63, 3.8) is 0 Å². The van der Waals surface area contributed by atoms with Crippen LogP contribution < -0.4 is 11.1 Å². The first-order valence-electron chi connectivity index (χ1n) is 5.90. The highest BCUT2D eigenvalue weighted by Crippen LogP contribution is 2.30. The van der Waals surface area contributed by atoms with Gasteiger partial charge in [0, 0.05) is 30.7 Å². The Balaban J connectivity index is 1.71. The van der Waals surface area contributed by atoms with Crippen LogP contribution in [0, 0.1) is 0 Å². The quantitative estimate of drug-likeness (QED) is 0.765. The smallest absolute Gasteiger partial charge is 0.263 e. The summed E-state index contributed by atoms with van der Waals surface area (Å²) in [5.74, 6) is -0.192. The highest BCUT2D eigenvalue weighted by molar-refractivity contribution is 7.21. The second-order valence-electron chi connectivity index (χ2n) is 4.04. The minimum Gasteiger partial charge on any atom is -0.396 e. The molecule has 0 bridgehead atoms. The number of thiazole rings is 1. The van der Waals surface area contributed by atoms with Crippen molar-refractivity contribution in [2.24, 2.45) is 0 Å². The van der Waals surface area contributed by atoms with Gasteiger partial charge in [-0.1, -0.05) is 0 Å². The third-order valence-electron chi connectivity index (χ3n) is 2.72. The van der Waals surface area contributed by atoms with Crippen LogP contribution >= 0.6 is 22.7 Å². The lowest BCUT2D eigenvalue weighted by molar-refractivity contribution is 0.0959. The van der Waals surface area contributed by atoms with Crippen LogP contribution in [0.3, 0.4) is 0 Å². The molecule has 3 aromatic heterocycles. The Morgan fingerprint density at radius 2 is 2.15 bits per heavy atom. The predicted molar refractivity (Wildman–Crippen MR) is 80.0 cm³/mol. The van der Waals surface area contributed by atoms with Gasteiger partial charge in [0.15, 0.2) is 0 Å². The molecule has 3 rings (SSSR count). The normalized spacial score (nSPS) is 10.8. The van der Waals surface area contributed by atoms with Gasteiger partial charge >= 0.3 is 0 Å². The van der Waals surface area contributed by atoms with E-state index in [0.717, 1.165) is 5.69 Å². The first kappa shape index (κ1) is 12.9. The number of hydrogen-bond donors (Lipinski definition) is 2. The van der Waals surface area contributed by atoms with E-state index in [9.17, 15) is 4.79 Å². The Labute approximate surface area is 122 Å². The van der Waals surface area contributed by atoms with Crippen LogP contribution in [-0.4, -0.2) is 27.4 Å². The van der Waals surface area contributed by atoms with Crippen molar-refractivity contribution >= 4 is 44.6 Å². The number of amides is 1. The molecule has 1 amide bonds. The van der Waals surface area contributed by atoms with Crippen molar-refractivity contribution < 1.29 is 4.79 Å². The van der Waals surface area contributed by atoms with Crippen molar-refractivity contribution in [1.82, 2.24) is 20.3 Å². The molecule has 0 aliphatic rings. The second kappa shape index (κ2) is 5.51. The second-order valence-corrected chi connectivity index (χ2v) is 5.76. The van der Waals surface area contributed by atoms with Crippen LogP contribution in [0.25, 0.3) is 10.3 Å². The summed E-state index contributed by atoms with van der Waals surface area (Å²) in [6.45, 7) is 0.525. The monoisotopic (exact) mass is 305 g/mol. The van der Waals surface area contributed by atoms with E-state index in [-0.39, 0.29) is 5.91 Å². The molecule has 3 aromatic rings. The summed E-state index contributed by atoms with van der Waals surface area (Å²) < 4.78 is 0. The zero-order valence-electron chi connectivity index (χ0n) is 10.4. The molecule has 0 fully saturated rings. The zero-order chi connectivity index (χ0) is 13.9. The molecule has 0 radical (unpaired) electrons. The van der Waals surface area contributed by atoms with E-state index < -0.39 is 0 Å². The number of thiophene rings is 1. The number of anilines is 1. The maximum Gasteiger partial charge on any atom is 0.263 e. The summed E-state index contributed by atoms with van der Waals surface area (Å²) in [4.78, 5) is 25.7. The van der Waals surface area contributed by atoms with Gasteiger partial charge in [0.05, 0.1) is 16.9 Å². The SMILES string of the molecule is Nc1c(C(=O)NCCc2cscn2)sc2nccnc12. The van der Waals surface area contributed by atoms with E-state index in [1.54, 1.807) is 29.2 Å². The van der Waals surface area contributed by atoms with E-state index in [2.05, 4.69) is 20.3 Å². The Morgan fingerprint density at radius 3 is 2.90 bits per heavy atom. The van der Waals surface area contributed by atoms with Crippen molar-refractivity contribution in [2.75, 3.05) is 12.3 Å². The van der Waals surface area contributed by atoms with Crippen LogP contribution in [0.5, 0.6) is 0 Å². The molecule has 0 spiro atoms. The molecule has 3 heterocycles. The molecule has 20 heavy (non-hydrogen) atoms. The van der Waals surface area contributed by atoms with Crippen molar-refractivity contribution in [3.05, 3.63) is 33.9 Å². The van der Waals surface area contributed by atoms with Crippen LogP contribution in [0.1, 0.15) is 15.4 Å². The minimum absolute atomic E-state index is 0.192. The van der Waals surface area contributed by atoms with E-state index in [4.69, 9.17) is 5.73 Å². The van der Waals surface area contributed by atoms with Crippen LogP contribution in [0.15, 0.2) is 23.3 Å². The molecule has 8 heteroatoms. The molecule has 0 atom stereocenters. The third-order valence-corrected chi connectivity index (χ3v) is 4.46. The van der Waals surface area contributed by atoms with Crippen molar-refractivity contribution in [2.45, 2.75) is 6.42 Å². The Hall–Kier alpha value is -2.06. The molecule has 0 aromatic carbocycles. The fourth-order valence-electron chi connectivity index (χ4n) is 1.76. The molecular weight excluding hydrogens is 294 g/mol. The summed E-state index contributed by atoms with van der Waals surface area (Å²) in [6.07, 6.45) is 3.86. The van der Waals surface area contributed by atoms with Gasteiger partial charge in [0.2, 0.25) is 0 Å². The highest BCUT2D eigenvalue weighted by Gasteiger charge is 2.17. The molecule has 0 aliphatic heterocycles. The largest absolute Gasteiger partial charge is 0.396 e. The van der Waals surface area contributed by atoms with Crippen LogP contribution in [-0.2, 0) is 6.42 Å². The van der Waals surface area contributed by atoms with Gasteiger partial charge in [0.1, 0.15) is 15.2 Å². The number of fused-ring (bicyclic) bond motifs is 1. The number of nitrogens with one attached hydrogen (secondary N) is 1. The number of hydrogen-bond acceptors (Lipinski definition) is 7. The number of nitrogens with zero attached hydrogens (tertiary/aromatic N) is 3. The molecule has 0 saturated carbocycles. The first-order chi connectivity index (χ1) is 9.75. The standard InChI is InChI=1S/C12H11N5OS2/c13-8-9-12(16-4-3-14-9)20-10(8)11(18)15-2-1-7-5-19-6-17-7/h3-6H,1-2,13H2,(H,15,18). The molecule has 6 nitrogen and oxygen atoms in total. The van der Waals surface area contributed by atoms with Gasteiger partial charge in [-0.05, 0) is 0 Å². The maximum absolute atomic E-state index is 12.1. The maximum atomic E-state index is 12.1. The Kier molecular flexibility index (Phi) is 3.57. The first-order valence-corrected chi connectivity index (χ1v) is 7.66. The lowest BCUT2D eigenvalue weighted by Gasteiger charge is -2.02. The molecule has 0 unspecified atom stereocenters. The van der Waals surface area contributed by atoms with Crippen molar-refractivity contribution in [1.29, 1.82) is 0 Å². The number of rotatable bonds is 4. The van der Waals surface area contributed by atoms with Gasteiger partial charge in [-0.15, -0.1) is 22.7 Å². The summed E-state index contributed by atoms with van der Waals surface area (Å²) in [5.41, 5.74) is 9.67. The fraction of sp³-hybridized carbons (Fsp3) is 0.167. The molecule has 0 aliphatic carbocycles. The molecule has 0 saturated heterocycles. The zero-order valence-corrected chi connectivity index (χ0v) is 12.0. The van der Waals surface area contributed by atoms with Gasteiger partial charge in [-0.3, -0.25) is 4.79 Å². The lowest BCUT2D eigenvalue weighted by Crippen LogP contribution is -2.25. The molecule has 3 N–H and O–H groups in total. The van der Waals surface area contributed by atoms with Crippen molar-refractivity contribution in [3.8, 4) is 0 Å². The summed E-state index contributed by atoms with van der Waals surface area (Å²) in [7, 11) is 0.